The number of anilines is 1. The lowest BCUT2D eigenvalue weighted by Crippen LogP contribution is -2.29. The molecule has 0 spiro atoms. The van der Waals surface area contributed by atoms with Crippen LogP contribution in [-0.2, 0) is 6.54 Å². The number of amides is 2. The van der Waals surface area contributed by atoms with Crippen molar-refractivity contribution in [2.45, 2.75) is 12.6 Å². The molecule has 3 aromatic carbocycles. The first-order valence-corrected chi connectivity index (χ1v) is 13.5. The summed E-state index contributed by atoms with van der Waals surface area (Å²) in [5.41, 5.74) is 1.62. The normalized spacial score (nSPS) is 14.3. The quantitative estimate of drug-likeness (QED) is 0.238. The number of rotatable bonds is 7. The van der Waals surface area contributed by atoms with Gasteiger partial charge in [0.15, 0.2) is 11.6 Å². The smallest absolute Gasteiger partial charge is 0.273 e. The van der Waals surface area contributed by atoms with E-state index in [-0.39, 0.29) is 29.1 Å². The van der Waals surface area contributed by atoms with Crippen LogP contribution in [0.5, 0.6) is 11.5 Å². The molecule has 0 fully saturated rings. The molecule has 0 radical (unpaired) electrons. The molecule has 41 heavy (non-hydrogen) atoms. The molecule has 1 N–H and O–H groups in total. The molecule has 5 aromatic rings. The Bertz CT molecular complexity index is 1820. The van der Waals surface area contributed by atoms with Crippen molar-refractivity contribution < 1.29 is 27.8 Å². The highest BCUT2D eigenvalue weighted by molar-refractivity contribution is 7.17. The largest absolute Gasteiger partial charge is 0.497 e. The number of fused-ring (bicyclic) bond motifs is 2. The van der Waals surface area contributed by atoms with Gasteiger partial charge in [0.1, 0.15) is 17.2 Å². The summed E-state index contributed by atoms with van der Waals surface area (Å²) in [7, 11) is 3.02. The number of hydrogen-bond acceptors (Lipinski definition) is 6. The molecule has 206 valence electrons. The van der Waals surface area contributed by atoms with Gasteiger partial charge in [-0.25, -0.2) is 8.78 Å². The van der Waals surface area contributed by atoms with E-state index in [1.54, 1.807) is 29.6 Å². The minimum atomic E-state index is -1.09. The number of ether oxygens (including phenoxy) is 2. The molecule has 7 nitrogen and oxygen atoms in total. The van der Waals surface area contributed by atoms with E-state index >= 15 is 4.39 Å². The number of methoxy groups -OCH3 is 2. The van der Waals surface area contributed by atoms with Gasteiger partial charge < -0.3 is 19.7 Å². The third-order valence-corrected chi connectivity index (χ3v) is 8.09. The lowest BCUT2D eigenvalue weighted by atomic mass is 9.97. The topological polar surface area (TPSA) is 80.8 Å². The molecule has 1 aliphatic rings. The molecule has 10 heteroatoms. The standard InChI is InChI=1S/C31H23F2N3O4S/c1-39-18-11-10-17(24(14-18)40-2)15-36-29(20-7-5-8-22(32)27(20)33)26-23(12-13-34-28(26)31(36)38)35-30(37)21-16-41-25-9-4-3-6-19(21)25/h3-14,16,29H,15H2,1-2H3,(H,34,35,37). The minimum Gasteiger partial charge on any atom is -0.497 e. The zero-order valence-corrected chi connectivity index (χ0v) is 22.8. The average molecular weight is 572 g/mol. The van der Waals surface area contributed by atoms with Crippen LogP contribution in [0.1, 0.15) is 43.6 Å². The molecular weight excluding hydrogens is 548 g/mol. The van der Waals surface area contributed by atoms with Gasteiger partial charge >= 0.3 is 0 Å². The fraction of sp³-hybridized carbons (Fsp3) is 0.129. The van der Waals surface area contributed by atoms with Gasteiger partial charge in [0.2, 0.25) is 0 Å². The van der Waals surface area contributed by atoms with Crippen molar-refractivity contribution in [2.75, 3.05) is 19.5 Å². The Morgan fingerprint density at radius 3 is 2.68 bits per heavy atom. The van der Waals surface area contributed by atoms with Crippen molar-refractivity contribution in [2.24, 2.45) is 0 Å². The monoisotopic (exact) mass is 571 g/mol. The summed E-state index contributed by atoms with van der Waals surface area (Å²) in [5, 5.41) is 5.46. The highest BCUT2D eigenvalue weighted by Crippen LogP contribution is 2.44. The van der Waals surface area contributed by atoms with Crippen molar-refractivity contribution in [3.63, 3.8) is 0 Å². The van der Waals surface area contributed by atoms with E-state index < -0.39 is 29.5 Å². The van der Waals surface area contributed by atoms with Gasteiger partial charge in [-0.05, 0) is 30.3 Å². The summed E-state index contributed by atoms with van der Waals surface area (Å²) < 4.78 is 41.6. The number of hydrogen-bond donors (Lipinski definition) is 1. The summed E-state index contributed by atoms with van der Waals surface area (Å²) in [6, 6.07) is 17.0. The Balaban J connectivity index is 1.46. The van der Waals surface area contributed by atoms with E-state index in [1.807, 2.05) is 24.3 Å². The van der Waals surface area contributed by atoms with E-state index in [2.05, 4.69) is 10.3 Å². The van der Waals surface area contributed by atoms with E-state index in [4.69, 9.17) is 9.47 Å². The van der Waals surface area contributed by atoms with Crippen molar-refractivity contribution >= 4 is 38.9 Å². The molecule has 0 aliphatic carbocycles. The van der Waals surface area contributed by atoms with Gasteiger partial charge in [0.25, 0.3) is 11.8 Å². The second-order valence-corrected chi connectivity index (χ2v) is 10.3. The molecule has 1 unspecified atom stereocenters. The lowest BCUT2D eigenvalue weighted by molar-refractivity contribution is 0.0728. The number of aromatic nitrogens is 1. The Labute approximate surface area is 238 Å². The van der Waals surface area contributed by atoms with Crippen molar-refractivity contribution in [3.8, 4) is 11.5 Å². The summed E-state index contributed by atoms with van der Waals surface area (Å²) in [4.78, 5) is 33.0. The lowest BCUT2D eigenvalue weighted by Gasteiger charge is -2.27. The molecule has 6 rings (SSSR count). The maximum absolute atomic E-state index is 15.4. The van der Waals surface area contributed by atoms with E-state index in [9.17, 15) is 14.0 Å². The zero-order chi connectivity index (χ0) is 28.7. The van der Waals surface area contributed by atoms with Gasteiger partial charge in [-0.1, -0.05) is 30.3 Å². The molecule has 1 atom stereocenters. The Kier molecular flexibility index (Phi) is 6.84. The van der Waals surface area contributed by atoms with Gasteiger partial charge in [-0.15, -0.1) is 11.3 Å². The van der Waals surface area contributed by atoms with Crippen LogP contribution in [0.3, 0.4) is 0 Å². The van der Waals surface area contributed by atoms with E-state index in [1.165, 1.54) is 48.8 Å². The van der Waals surface area contributed by atoms with Crippen molar-refractivity contribution in [3.05, 3.63) is 118 Å². The van der Waals surface area contributed by atoms with Crippen molar-refractivity contribution in [1.29, 1.82) is 0 Å². The van der Waals surface area contributed by atoms with Crippen LogP contribution in [-0.4, -0.2) is 35.9 Å². The predicted molar refractivity (Wildman–Crippen MR) is 152 cm³/mol. The number of nitrogens with zero attached hydrogens (tertiary/aromatic N) is 2. The fourth-order valence-electron chi connectivity index (χ4n) is 5.17. The number of benzene rings is 3. The van der Waals surface area contributed by atoms with Gasteiger partial charge in [-0.3, -0.25) is 14.6 Å². The second kappa shape index (κ2) is 10.6. The first-order valence-electron chi connectivity index (χ1n) is 12.6. The third kappa shape index (κ3) is 4.55. The SMILES string of the molecule is COc1ccc(CN2C(=O)c3nccc(NC(=O)c4csc5ccccc45)c3C2c2cccc(F)c2F)c(OC)c1. The average Bonchev–Trinajstić information content (AvgIpc) is 3.54. The Hall–Kier alpha value is -4.83. The second-order valence-electron chi connectivity index (χ2n) is 9.38. The van der Waals surface area contributed by atoms with Gasteiger partial charge in [0.05, 0.1) is 38.1 Å². The highest BCUT2D eigenvalue weighted by Gasteiger charge is 2.43. The van der Waals surface area contributed by atoms with Crippen LogP contribution in [0.25, 0.3) is 10.1 Å². The molecule has 0 saturated heterocycles. The number of halogens is 2. The van der Waals surface area contributed by atoms with E-state index in [0.29, 0.717) is 22.6 Å². The molecule has 0 saturated carbocycles. The Morgan fingerprint density at radius 2 is 1.88 bits per heavy atom. The zero-order valence-electron chi connectivity index (χ0n) is 22.0. The number of pyridine rings is 1. The number of nitrogens with one attached hydrogen (secondary N) is 1. The molecule has 3 heterocycles. The maximum atomic E-state index is 15.4. The van der Waals surface area contributed by atoms with Crippen LogP contribution in [0.2, 0.25) is 0 Å². The Morgan fingerprint density at radius 1 is 1.05 bits per heavy atom. The van der Waals surface area contributed by atoms with Crippen LogP contribution >= 0.6 is 11.3 Å². The van der Waals surface area contributed by atoms with Crippen LogP contribution in [0.15, 0.2) is 78.3 Å². The molecule has 2 aromatic heterocycles. The summed E-state index contributed by atoms with van der Waals surface area (Å²) >= 11 is 1.44. The number of carbonyl (C=O) groups excluding carboxylic acids is 2. The van der Waals surface area contributed by atoms with Crippen LogP contribution < -0.4 is 14.8 Å². The number of carbonyl (C=O) groups is 2. The van der Waals surface area contributed by atoms with Gasteiger partial charge in [-0.2, -0.15) is 0 Å². The fourth-order valence-corrected chi connectivity index (χ4v) is 6.11. The van der Waals surface area contributed by atoms with E-state index in [0.717, 1.165) is 16.2 Å². The highest BCUT2D eigenvalue weighted by atomic mass is 32.1. The van der Waals surface area contributed by atoms with Crippen LogP contribution in [0.4, 0.5) is 14.5 Å². The maximum Gasteiger partial charge on any atom is 0.273 e. The molecular formula is C31H23F2N3O4S. The number of thiophene rings is 1. The minimum absolute atomic E-state index is 0.00840. The van der Waals surface area contributed by atoms with Crippen LogP contribution in [0, 0.1) is 11.6 Å². The first kappa shape index (κ1) is 26.4. The molecule has 2 amide bonds. The first-order chi connectivity index (χ1) is 19.9. The molecule has 1 aliphatic heterocycles. The van der Waals surface area contributed by atoms with Crippen molar-refractivity contribution in [1.82, 2.24) is 9.88 Å². The van der Waals surface area contributed by atoms with Gasteiger partial charge in [0, 0.05) is 44.4 Å². The summed E-state index contributed by atoms with van der Waals surface area (Å²) in [5.74, 6) is -2.01. The predicted octanol–water partition coefficient (Wildman–Crippen LogP) is 6.59. The summed E-state index contributed by atoms with van der Waals surface area (Å²) in [6.45, 7) is -0.00840. The third-order valence-electron chi connectivity index (χ3n) is 7.12. The molecule has 0 bridgehead atoms. The summed E-state index contributed by atoms with van der Waals surface area (Å²) in [6.07, 6.45) is 1.41.